The van der Waals surface area contributed by atoms with Crippen LogP contribution in [0.5, 0.6) is 5.75 Å². The van der Waals surface area contributed by atoms with Gasteiger partial charge in [0.15, 0.2) is 5.75 Å². The third-order valence-corrected chi connectivity index (χ3v) is 3.31. The van der Waals surface area contributed by atoms with Gasteiger partial charge in [0.05, 0.1) is 28.4 Å². The molecule has 1 aromatic carbocycles. The molecule has 2 aromatic rings. The van der Waals surface area contributed by atoms with Crippen LogP contribution < -0.4 is 0 Å². The van der Waals surface area contributed by atoms with Crippen molar-refractivity contribution in [3.63, 3.8) is 0 Å². The molecule has 5 nitrogen and oxygen atoms in total. The number of carbonyl (C=O) groups is 1. The Labute approximate surface area is 138 Å². The van der Waals surface area contributed by atoms with Crippen molar-refractivity contribution in [2.45, 2.75) is 13.1 Å². The fraction of sp³-hybridized carbons (Fsp3) is 0.231. The molecule has 0 atom stereocenters. The van der Waals surface area contributed by atoms with E-state index in [0.717, 1.165) is 10.9 Å². The van der Waals surface area contributed by atoms with Gasteiger partial charge in [0.25, 0.3) is 0 Å². The number of benzene rings is 1. The molecule has 0 aliphatic carbocycles. The number of hydrogen-bond acceptors (Lipinski definition) is 4. The third kappa shape index (κ3) is 3.53. The van der Waals surface area contributed by atoms with Crippen LogP contribution in [0.2, 0.25) is 10.0 Å². The van der Waals surface area contributed by atoms with E-state index in [1.165, 1.54) is 0 Å². The maximum absolute atomic E-state index is 12.7. The molecule has 0 aliphatic heterocycles. The first kappa shape index (κ1) is 17.4. The number of halogens is 5. The van der Waals surface area contributed by atoms with Crippen LogP contribution in [-0.4, -0.2) is 27.5 Å². The number of aromatic hydroxyl groups is 1. The summed E-state index contributed by atoms with van der Waals surface area (Å²) in [6, 6.07) is 1.34. The van der Waals surface area contributed by atoms with E-state index < -0.39 is 29.2 Å². The number of aromatic nitrogens is 2. The fourth-order valence-corrected chi connectivity index (χ4v) is 2.43. The summed E-state index contributed by atoms with van der Waals surface area (Å²) in [5.41, 5.74) is -1.54. The van der Waals surface area contributed by atoms with Crippen LogP contribution in [0.1, 0.15) is 23.0 Å². The first-order valence-corrected chi connectivity index (χ1v) is 6.93. The first-order chi connectivity index (χ1) is 10.6. The van der Waals surface area contributed by atoms with Crippen molar-refractivity contribution in [2.24, 2.45) is 0 Å². The summed E-state index contributed by atoms with van der Waals surface area (Å²) in [7, 11) is 0. The smallest absolute Gasteiger partial charge is 0.416 e. The van der Waals surface area contributed by atoms with E-state index in [-0.39, 0.29) is 22.3 Å². The molecule has 0 radical (unpaired) electrons. The Morgan fingerprint density at radius 2 is 1.91 bits per heavy atom. The summed E-state index contributed by atoms with van der Waals surface area (Å²) in [6.07, 6.45) is -3.62. The lowest BCUT2D eigenvalue weighted by Gasteiger charge is -2.12. The monoisotopic (exact) mass is 368 g/mol. The second-order valence-electron chi connectivity index (χ2n) is 4.31. The van der Waals surface area contributed by atoms with E-state index >= 15 is 0 Å². The highest BCUT2D eigenvalue weighted by molar-refractivity contribution is 6.37. The van der Waals surface area contributed by atoms with E-state index in [0.29, 0.717) is 12.1 Å². The lowest BCUT2D eigenvalue weighted by molar-refractivity contribution is -0.137. The maximum atomic E-state index is 12.7. The van der Waals surface area contributed by atoms with Crippen LogP contribution in [0.25, 0.3) is 5.69 Å². The zero-order valence-corrected chi connectivity index (χ0v) is 13.0. The molecule has 2 rings (SSSR count). The van der Waals surface area contributed by atoms with Gasteiger partial charge >= 0.3 is 12.1 Å². The minimum atomic E-state index is -4.62. The van der Waals surface area contributed by atoms with Crippen LogP contribution >= 0.6 is 23.2 Å². The second kappa shape index (κ2) is 6.29. The van der Waals surface area contributed by atoms with Gasteiger partial charge in [0, 0.05) is 0 Å². The predicted molar refractivity (Wildman–Crippen MR) is 76.2 cm³/mol. The summed E-state index contributed by atoms with van der Waals surface area (Å²) in [4.78, 5) is 11.6. The topological polar surface area (TPSA) is 64.3 Å². The van der Waals surface area contributed by atoms with Crippen molar-refractivity contribution in [1.82, 2.24) is 9.78 Å². The van der Waals surface area contributed by atoms with Gasteiger partial charge in [-0.15, -0.1) is 0 Å². The van der Waals surface area contributed by atoms with Crippen molar-refractivity contribution in [1.29, 1.82) is 0 Å². The molecule has 1 heterocycles. The van der Waals surface area contributed by atoms with Crippen molar-refractivity contribution < 1.29 is 27.8 Å². The van der Waals surface area contributed by atoms with Gasteiger partial charge in [-0.25, -0.2) is 9.48 Å². The normalized spacial score (nSPS) is 11.6. The quantitative estimate of drug-likeness (QED) is 0.829. The van der Waals surface area contributed by atoms with E-state index in [1.54, 1.807) is 6.92 Å². The number of alkyl halides is 3. The van der Waals surface area contributed by atoms with Crippen molar-refractivity contribution in [3.05, 3.63) is 39.6 Å². The molecule has 0 unspecified atom stereocenters. The molecule has 1 N–H and O–H groups in total. The molecule has 0 saturated carbocycles. The molecule has 23 heavy (non-hydrogen) atoms. The summed E-state index contributed by atoms with van der Waals surface area (Å²) in [6.45, 7) is 1.63. The van der Waals surface area contributed by atoms with Crippen molar-refractivity contribution in [2.75, 3.05) is 6.61 Å². The molecule has 124 valence electrons. The van der Waals surface area contributed by atoms with Crippen LogP contribution in [0.15, 0.2) is 18.3 Å². The number of carbonyl (C=O) groups excluding carboxylic acids is 1. The Morgan fingerprint density at radius 1 is 1.35 bits per heavy atom. The van der Waals surface area contributed by atoms with Gasteiger partial charge in [-0.3, -0.25) is 0 Å². The van der Waals surface area contributed by atoms with Crippen molar-refractivity contribution in [3.8, 4) is 11.4 Å². The summed E-state index contributed by atoms with van der Waals surface area (Å²) in [5, 5.41) is 12.8. The Hall–Kier alpha value is -1.93. The molecule has 0 amide bonds. The number of hydrogen-bond donors (Lipinski definition) is 1. The highest BCUT2D eigenvalue weighted by Gasteiger charge is 2.32. The molecule has 0 fully saturated rings. The Bertz CT molecular complexity index is 736. The highest BCUT2D eigenvalue weighted by atomic mass is 35.5. The third-order valence-electron chi connectivity index (χ3n) is 2.74. The lowest BCUT2D eigenvalue weighted by atomic mass is 10.2. The molecule has 0 saturated heterocycles. The Kier molecular flexibility index (Phi) is 4.76. The van der Waals surface area contributed by atoms with E-state index in [1.807, 2.05) is 0 Å². The molecule has 0 bridgehead atoms. The van der Waals surface area contributed by atoms with Crippen LogP contribution in [0.3, 0.4) is 0 Å². The maximum Gasteiger partial charge on any atom is 0.416 e. The summed E-state index contributed by atoms with van der Waals surface area (Å²) >= 11 is 11.7. The SMILES string of the molecule is CCOC(=O)c1nn(-c2c(Cl)cc(C(F)(F)F)cc2Cl)cc1O. The van der Waals surface area contributed by atoms with Gasteiger partial charge in [0.1, 0.15) is 5.69 Å². The van der Waals surface area contributed by atoms with Gasteiger partial charge < -0.3 is 9.84 Å². The first-order valence-electron chi connectivity index (χ1n) is 6.17. The molecule has 0 spiro atoms. The van der Waals surface area contributed by atoms with Crippen LogP contribution in [-0.2, 0) is 10.9 Å². The van der Waals surface area contributed by atoms with Gasteiger partial charge in [0.2, 0.25) is 5.69 Å². The number of ether oxygens (including phenoxy) is 1. The zero-order valence-electron chi connectivity index (χ0n) is 11.5. The lowest BCUT2D eigenvalue weighted by Crippen LogP contribution is -2.08. The number of esters is 1. The van der Waals surface area contributed by atoms with E-state index in [2.05, 4.69) is 5.10 Å². The van der Waals surface area contributed by atoms with Gasteiger partial charge in [-0.2, -0.15) is 18.3 Å². The predicted octanol–water partition coefficient (Wildman–Crippen LogP) is 4.08. The van der Waals surface area contributed by atoms with Crippen molar-refractivity contribution >= 4 is 29.2 Å². The summed E-state index contributed by atoms with van der Waals surface area (Å²) < 4.78 is 43.7. The second-order valence-corrected chi connectivity index (χ2v) is 5.13. The zero-order chi connectivity index (χ0) is 17.4. The van der Waals surface area contributed by atoms with Crippen LogP contribution in [0.4, 0.5) is 13.2 Å². The van der Waals surface area contributed by atoms with Crippen LogP contribution in [0, 0.1) is 0 Å². The molecular formula is C13H9Cl2F3N2O3. The van der Waals surface area contributed by atoms with E-state index in [9.17, 15) is 23.1 Å². The molecular weight excluding hydrogens is 360 g/mol. The number of nitrogens with zero attached hydrogens (tertiary/aromatic N) is 2. The average molecular weight is 369 g/mol. The Balaban J connectivity index is 2.51. The fourth-order valence-electron chi connectivity index (χ4n) is 1.77. The van der Waals surface area contributed by atoms with Gasteiger partial charge in [-0.1, -0.05) is 23.2 Å². The minimum Gasteiger partial charge on any atom is -0.504 e. The summed E-state index contributed by atoms with van der Waals surface area (Å²) in [5.74, 6) is -1.40. The Morgan fingerprint density at radius 3 is 2.39 bits per heavy atom. The number of rotatable bonds is 3. The highest BCUT2D eigenvalue weighted by Crippen LogP contribution is 2.37. The van der Waals surface area contributed by atoms with E-state index in [4.69, 9.17) is 27.9 Å². The largest absolute Gasteiger partial charge is 0.504 e. The average Bonchev–Trinajstić information content (AvgIpc) is 2.79. The molecule has 1 aromatic heterocycles. The standard InChI is InChI=1S/C13H9Cl2F3N2O3/c1-2-23-12(22)10-9(21)5-20(19-10)11-7(14)3-6(4-8(11)15)13(16,17)18/h3-5,21H,2H2,1H3. The molecule has 0 aliphatic rings. The molecule has 10 heteroatoms. The minimum absolute atomic E-state index is 0.0624. The van der Waals surface area contributed by atoms with Gasteiger partial charge in [-0.05, 0) is 19.1 Å².